The van der Waals surface area contributed by atoms with Gasteiger partial charge in [-0.25, -0.2) is 4.39 Å². The Morgan fingerprint density at radius 3 is 2.45 bits per heavy atom. The Balaban J connectivity index is 2.34. The van der Waals surface area contributed by atoms with Crippen molar-refractivity contribution in [3.63, 3.8) is 0 Å². The van der Waals surface area contributed by atoms with Crippen molar-refractivity contribution < 1.29 is 9.18 Å². The highest BCUT2D eigenvalue weighted by Gasteiger charge is 2.51. The van der Waals surface area contributed by atoms with Gasteiger partial charge < -0.3 is 5.53 Å². The normalized spacial score (nSPS) is 42.3. The van der Waals surface area contributed by atoms with Crippen molar-refractivity contribution in [2.24, 2.45) is 5.92 Å². The molecule has 0 radical (unpaired) electrons. The van der Waals surface area contributed by atoms with E-state index in [4.69, 9.17) is 5.53 Å². The van der Waals surface area contributed by atoms with Crippen molar-refractivity contribution in [3.8, 4) is 0 Å². The highest BCUT2D eigenvalue weighted by atomic mass is 19.1. The molecule has 0 aromatic heterocycles. The largest absolute Gasteiger partial charge is 0.361 e. The maximum absolute atomic E-state index is 13.7. The van der Waals surface area contributed by atoms with Crippen LogP contribution in [0.15, 0.2) is 0 Å². The van der Waals surface area contributed by atoms with Gasteiger partial charge in [0.25, 0.3) is 0 Å². The van der Waals surface area contributed by atoms with E-state index < -0.39 is 5.67 Å². The number of halogens is 1. The first-order chi connectivity index (χ1) is 5.24. The van der Waals surface area contributed by atoms with Crippen molar-refractivity contribution in [1.29, 1.82) is 0 Å². The van der Waals surface area contributed by atoms with E-state index in [-0.39, 0.29) is 0 Å². The van der Waals surface area contributed by atoms with Crippen LogP contribution in [0, 0.1) is 5.92 Å². The minimum Gasteiger partial charge on any atom is -0.361 e. The molecule has 3 saturated carbocycles. The Morgan fingerprint density at radius 2 is 2.09 bits per heavy atom. The van der Waals surface area contributed by atoms with E-state index in [1.54, 1.807) is 0 Å². The Labute approximate surface area is 65.0 Å². The lowest BCUT2D eigenvalue weighted by molar-refractivity contribution is -0.0478. The maximum atomic E-state index is 13.7. The van der Waals surface area contributed by atoms with Crippen LogP contribution in [0.25, 0.3) is 5.53 Å². The Bertz CT molecular complexity index is 222. The molecule has 0 N–H and O–H groups in total. The third-order valence-corrected chi connectivity index (χ3v) is 3.02. The molecule has 3 fully saturated rings. The molecule has 0 aromatic carbocycles. The summed E-state index contributed by atoms with van der Waals surface area (Å²) in [5, 5.41) is 0. The van der Waals surface area contributed by atoms with Crippen LogP contribution in [0.1, 0.15) is 32.1 Å². The lowest BCUT2D eigenvalue weighted by Gasteiger charge is -2.36. The van der Waals surface area contributed by atoms with Crippen LogP contribution < -0.4 is 0 Å². The summed E-state index contributed by atoms with van der Waals surface area (Å²) in [6.45, 7) is 0. The van der Waals surface area contributed by atoms with E-state index in [0.717, 1.165) is 12.8 Å². The second-order valence-corrected chi connectivity index (χ2v) is 3.66. The number of rotatable bonds is 0. The highest BCUT2D eigenvalue weighted by molar-refractivity contribution is 5.89. The summed E-state index contributed by atoms with van der Waals surface area (Å²) in [5.41, 5.74) is 7.67. The molecule has 3 heteroatoms. The molecule has 0 spiro atoms. The molecule has 60 valence electrons. The van der Waals surface area contributed by atoms with Crippen LogP contribution >= 0.6 is 0 Å². The summed E-state index contributed by atoms with van der Waals surface area (Å²) >= 11 is 0. The second-order valence-electron chi connectivity index (χ2n) is 3.66. The van der Waals surface area contributed by atoms with E-state index >= 15 is 0 Å². The predicted molar refractivity (Wildman–Crippen MR) is 39.0 cm³/mol. The monoisotopic (exact) mass is 154 g/mol. The Hall–Kier alpha value is -0.690. The molecule has 0 amide bonds. The summed E-state index contributed by atoms with van der Waals surface area (Å²) < 4.78 is 13.7. The van der Waals surface area contributed by atoms with Crippen molar-refractivity contribution in [1.82, 2.24) is 0 Å². The zero-order chi connectivity index (χ0) is 7.90. The summed E-state index contributed by atoms with van der Waals surface area (Å²) in [6.07, 6.45) is 3.74. The Morgan fingerprint density at radius 1 is 1.45 bits per heavy atom. The molecule has 2 nitrogen and oxygen atoms in total. The highest BCUT2D eigenvalue weighted by Crippen LogP contribution is 2.44. The first-order valence-corrected chi connectivity index (χ1v) is 4.15. The predicted octanol–water partition coefficient (Wildman–Crippen LogP) is 1.96. The van der Waals surface area contributed by atoms with Crippen molar-refractivity contribution in [3.05, 3.63) is 5.53 Å². The zero-order valence-corrected chi connectivity index (χ0v) is 6.39. The molecular formula is C8H11FN2. The van der Waals surface area contributed by atoms with E-state index in [1.807, 2.05) is 0 Å². The number of nitrogens with zero attached hydrogens (tertiary/aromatic N) is 2. The first-order valence-electron chi connectivity index (χ1n) is 4.15. The van der Waals surface area contributed by atoms with Crippen LogP contribution in [-0.4, -0.2) is 16.2 Å². The fraction of sp³-hybridized carbons (Fsp3) is 0.875. The van der Waals surface area contributed by atoms with E-state index in [9.17, 15) is 4.39 Å². The standard InChI is InChI=1S/C8H11FN2/c9-8-3-1-6(2-4-8)5-7(8)11-10/h6H,1-5H2. The molecule has 2 bridgehead atoms. The third kappa shape index (κ3) is 0.916. The molecule has 0 aromatic rings. The van der Waals surface area contributed by atoms with Gasteiger partial charge in [-0.3, -0.25) is 0 Å². The minimum absolute atomic E-state index is 0.389. The average Bonchev–Trinajstić information content (AvgIpc) is 2.05. The quantitative estimate of drug-likeness (QED) is 0.378. The van der Waals surface area contributed by atoms with Crippen LogP contribution in [-0.2, 0) is 0 Å². The van der Waals surface area contributed by atoms with Gasteiger partial charge in [-0.1, -0.05) is 0 Å². The lowest BCUT2D eigenvalue weighted by atomic mass is 9.68. The maximum Gasteiger partial charge on any atom is 0.305 e. The van der Waals surface area contributed by atoms with Crippen LogP contribution in [0.5, 0.6) is 0 Å². The average molecular weight is 154 g/mol. The van der Waals surface area contributed by atoms with E-state index in [2.05, 4.69) is 4.79 Å². The zero-order valence-electron chi connectivity index (χ0n) is 6.39. The molecule has 0 atom stereocenters. The topological polar surface area (TPSA) is 36.4 Å². The van der Waals surface area contributed by atoms with Gasteiger partial charge in [-0.2, -0.15) is 4.79 Å². The number of fused-ring (bicyclic) bond motifs is 3. The number of alkyl halides is 1. The third-order valence-electron chi connectivity index (χ3n) is 3.02. The van der Waals surface area contributed by atoms with Gasteiger partial charge in [0.1, 0.15) is 0 Å². The molecule has 0 heterocycles. The van der Waals surface area contributed by atoms with E-state index in [0.29, 0.717) is 30.9 Å². The van der Waals surface area contributed by atoms with Crippen molar-refractivity contribution >= 4 is 5.71 Å². The fourth-order valence-corrected chi connectivity index (χ4v) is 2.21. The molecule has 0 saturated heterocycles. The van der Waals surface area contributed by atoms with Gasteiger partial charge in [0.15, 0.2) is 0 Å². The van der Waals surface area contributed by atoms with Gasteiger partial charge in [-0.05, 0) is 31.6 Å². The molecule has 3 rings (SSSR count). The van der Waals surface area contributed by atoms with Crippen molar-refractivity contribution in [2.75, 3.05) is 0 Å². The molecule has 0 unspecified atom stereocenters. The van der Waals surface area contributed by atoms with Crippen LogP contribution in [0.2, 0.25) is 0 Å². The SMILES string of the molecule is [N-]=[N+]=C1CC2CCC1(F)CC2. The second kappa shape index (κ2) is 2.15. The molecular weight excluding hydrogens is 143 g/mol. The molecule has 3 aliphatic carbocycles. The van der Waals surface area contributed by atoms with E-state index in [1.165, 1.54) is 0 Å². The fourth-order valence-electron chi connectivity index (χ4n) is 2.21. The smallest absolute Gasteiger partial charge is 0.305 e. The number of hydrogen-bond acceptors (Lipinski definition) is 0. The lowest BCUT2D eigenvalue weighted by Crippen LogP contribution is -2.45. The molecule has 11 heavy (non-hydrogen) atoms. The summed E-state index contributed by atoms with van der Waals surface area (Å²) in [7, 11) is 0. The summed E-state index contributed by atoms with van der Waals surface area (Å²) in [4.78, 5) is 3.04. The summed E-state index contributed by atoms with van der Waals surface area (Å²) in [5.74, 6) is 0.582. The van der Waals surface area contributed by atoms with Crippen molar-refractivity contribution in [2.45, 2.75) is 37.8 Å². The first kappa shape index (κ1) is 6.99. The molecule has 3 aliphatic rings. The van der Waals surface area contributed by atoms with Gasteiger partial charge in [0.2, 0.25) is 5.67 Å². The van der Waals surface area contributed by atoms with Crippen LogP contribution in [0.3, 0.4) is 0 Å². The van der Waals surface area contributed by atoms with Gasteiger partial charge in [-0.15, -0.1) is 0 Å². The molecule has 0 aliphatic heterocycles. The van der Waals surface area contributed by atoms with Gasteiger partial charge in [0, 0.05) is 0 Å². The van der Waals surface area contributed by atoms with Gasteiger partial charge in [0.05, 0.1) is 6.42 Å². The van der Waals surface area contributed by atoms with Gasteiger partial charge >= 0.3 is 5.71 Å². The van der Waals surface area contributed by atoms with Crippen LogP contribution in [0.4, 0.5) is 4.39 Å². The Kier molecular flexibility index (Phi) is 1.36. The number of hydrogen-bond donors (Lipinski definition) is 0. The summed E-state index contributed by atoms with van der Waals surface area (Å²) in [6, 6.07) is 0. The minimum atomic E-state index is -1.25.